The van der Waals surface area contributed by atoms with Crippen molar-refractivity contribution < 1.29 is 19.1 Å². The van der Waals surface area contributed by atoms with Crippen LogP contribution in [0.1, 0.15) is 41.6 Å². The number of ether oxygens (including phenoxy) is 1. The first-order valence-electron chi connectivity index (χ1n) is 13.3. The first-order chi connectivity index (χ1) is 19.3. The van der Waals surface area contributed by atoms with Crippen molar-refractivity contribution in [3.8, 4) is 11.1 Å². The summed E-state index contributed by atoms with van der Waals surface area (Å²) < 4.78 is 8.34. The van der Waals surface area contributed by atoms with Gasteiger partial charge < -0.3 is 5.32 Å². The molecule has 1 aliphatic heterocycles. The molecule has 2 N–H and O–H groups in total. The monoisotopic (exact) mass is 675 g/mol. The van der Waals surface area contributed by atoms with E-state index in [-0.39, 0.29) is 12.0 Å². The van der Waals surface area contributed by atoms with E-state index in [1.165, 1.54) is 0 Å². The molecule has 212 valence electrons. The maximum absolute atomic E-state index is 13.0. The number of aryl methyl sites for hydroxylation is 1. The normalized spacial score (nSPS) is 15.7. The van der Waals surface area contributed by atoms with Gasteiger partial charge >= 0.3 is 176 Å². The fourth-order valence-corrected chi connectivity index (χ4v) is 7.44. The number of amides is 2. The van der Waals surface area contributed by atoms with Crippen LogP contribution in [0.3, 0.4) is 0 Å². The van der Waals surface area contributed by atoms with Crippen LogP contribution in [-0.2, 0) is 16.0 Å². The summed E-state index contributed by atoms with van der Waals surface area (Å²) in [5.74, 6) is -0.135. The number of nitrogens with zero attached hydrogens (tertiary/aromatic N) is 1. The number of anilines is 2. The predicted octanol–water partition coefficient (Wildman–Crippen LogP) is 7.47. The Hall–Kier alpha value is -2.95. The Morgan fingerprint density at radius 2 is 1.88 bits per heavy atom. The van der Waals surface area contributed by atoms with Gasteiger partial charge in [-0.1, -0.05) is 11.6 Å². The molecule has 0 bridgehead atoms. The van der Waals surface area contributed by atoms with Crippen molar-refractivity contribution in [3.63, 3.8) is 0 Å². The topological polar surface area (TPSA) is 87.7 Å². The molecule has 7 nitrogen and oxygen atoms in total. The first-order valence-corrected chi connectivity index (χ1v) is 18.9. The van der Waals surface area contributed by atoms with Crippen LogP contribution in [0.2, 0.25) is 5.02 Å². The van der Waals surface area contributed by atoms with E-state index in [2.05, 4.69) is 23.6 Å². The van der Waals surface area contributed by atoms with E-state index < -0.39 is 26.2 Å². The van der Waals surface area contributed by atoms with E-state index in [1.807, 2.05) is 48.5 Å². The van der Waals surface area contributed by atoms with Crippen molar-refractivity contribution in [2.24, 2.45) is 0 Å². The standard InChI is InChI=1S/C31H35ClIN3O4/c1-33(2)36-17-7-11-26(20-36)40-31(39)35-29-18-22(13-16-27(29)23-9-4-3-5-10-23)8-6-12-30(38)34-25-15-14-24(21-37)28(32)19-25/h3-5,9-10,13-16,18-19,21,26H,6-8,11-12,17,20H2,1-2H3,(H,34,38)(H,35,39). The summed E-state index contributed by atoms with van der Waals surface area (Å²) in [6, 6.07) is 20.7. The maximum atomic E-state index is 13.0. The molecule has 40 heavy (non-hydrogen) atoms. The SMILES string of the molecule is CI(C)N1CCCC(OC(=O)Nc2cc(CCCC(=O)Nc3ccc(C=O)c(Cl)c3)ccc2-c2ccccc2)C1. The van der Waals surface area contributed by atoms with Crippen molar-refractivity contribution in [1.29, 1.82) is 0 Å². The zero-order valence-corrected chi connectivity index (χ0v) is 25.7. The molecule has 0 aliphatic carbocycles. The van der Waals surface area contributed by atoms with Crippen LogP contribution in [0.4, 0.5) is 16.2 Å². The quantitative estimate of drug-likeness (QED) is 0.101. The van der Waals surface area contributed by atoms with Gasteiger partial charge in [-0.3, -0.25) is 9.59 Å². The Labute approximate surface area is 248 Å². The van der Waals surface area contributed by atoms with Crippen molar-refractivity contribution >= 4 is 61.4 Å². The molecule has 0 spiro atoms. The average Bonchev–Trinajstić information content (AvgIpc) is 2.94. The van der Waals surface area contributed by atoms with Crippen LogP contribution in [0.25, 0.3) is 11.1 Å². The van der Waals surface area contributed by atoms with Gasteiger partial charge in [0.25, 0.3) is 0 Å². The minimum atomic E-state index is -1.10. The van der Waals surface area contributed by atoms with Gasteiger partial charge in [0.2, 0.25) is 5.91 Å². The fraction of sp³-hybridized carbons (Fsp3) is 0.323. The molecule has 2 amide bonds. The zero-order chi connectivity index (χ0) is 28.5. The van der Waals surface area contributed by atoms with Gasteiger partial charge in [-0.25, -0.2) is 0 Å². The molecule has 1 aliphatic rings. The number of rotatable bonds is 10. The van der Waals surface area contributed by atoms with Gasteiger partial charge in [-0.15, -0.1) is 0 Å². The molecular weight excluding hydrogens is 641 g/mol. The Morgan fingerprint density at radius 3 is 2.60 bits per heavy atom. The number of nitrogens with one attached hydrogen (secondary N) is 2. The third-order valence-electron chi connectivity index (χ3n) is 6.77. The second kappa shape index (κ2) is 14.6. The predicted molar refractivity (Wildman–Crippen MR) is 171 cm³/mol. The third-order valence-corrected chi connectivity index (χ3v) is 10.7. The molecule has 0 radical (unpaired) electrons. The number of alkyl halides is 2. The fourth-order valence-electron chi connectivity index (χ4n) is 4.68. The van der Waals surface area contributed by atoms with Crippen LogP contribution >= 0.6 is 31.7 Å². The number of aldehydes is 1. The van der Waals surface area contributed by atoms with Crippen molar-refractivity contribution in [2.75, 3.05) is 33.6 Å². The number of carbonyl (C=O) groups excluding carboxylic acids is 3. The molecule has 0 saturated carbocycles. The van der Waals surface area contributed by atoms with Crippen LogP contribution in [0.5, 0.6) is 0 Å². The number of carbonyl (C=O) groups is 3. The molecule has 1 unspecified atom stereocenters. The van der Waals surface area contributed by atoms with Crippen molar-refractivity contribution in [2.45, 2.75) is 38.2 Å². The van der Waals surface area contributed by atoms with Crippen LogP contribution in [0.15, 0.2) is 66.7 Å². The van der Waals surface area contributed by atoms with Crippen LogP contribution in [-0.4, -0.2) is 50.5 Å². The first kappa shape index (κ1) is 30.0. The number of hydrogen-bond acceptors (Lipinski definition) is 5. The van der Waals surface area contributed by atoms with E-state index in [0.29, 0.717) is 47.5 Å². The Balaban J connectivity index is 1.39. The number of piperidine rings is 1. The van der Waals surface area contributed by atoms with Crippen molar-refractivity contribution in [3.05, 3.63) is 82.9 Å². The molecule has 3 aromatic carbocycles. The summed E-state index contributed by atoms with van der Waals surface area (Å²) >= 11 is 4.95. The van der Waals surface area contributed by atoms with Gasteiger partial charge in [0.1, 0.15) is 0 Å². The molecule has 3 aromatic rings. The average molecular weight is 676 g/mol. The number of hydrogen-bond donors (Lipinski definition) is 2. The Kier molecular flexibility index (Phi) is 11.0. The van der Waals surface area contributed by atoms with Crippen LogP contribution < -0.4 is 10.6 Å². The summed E-state index contributed by atoms with van der Waals surface area (Å²) in [5.41, 5.74) is 4.54. The molecule has 1 atom stereocenters. The minimum absolute atomic E-state index is 0.0974. The van der Waals surface area contributed by atoms with E-state index >= 15 is 0 Å². The molecule has 1 saturated heterocycles. The Bertz CT molecular complexity index is 1340. The van der Waals surface area contributed by atoms with Crippen molar-refractivity contribution in [1.82, 2.24) is 3.11 Å². The second-order valence-corrected chi connectivity index (χ2v) is 15.7. The van der Waals surface area contributed by atoms with E-state index in [1.54, 1.807) is 18.2 Å². The van der Waals surface area contributed by atoms with Crippen LogP contribution in [0, 0.1) is 0 Å². The summed E-state index contributed by atoms with van der Waals surface area (Å²) in [7, 11) is 0. The van der Waals surface area contributed by atoms with Gasteiger partial charge in [0, 0.05) is 11.3 Å². The molecule has 1 fully saturated rings. The van der Waals surface area contributed by atoms with Gasteiger partial charge in [-0.2, -0.15) is 0 Å². The summed E-state index contributed by atoms with van der Waals surface area (Å²) in [4.78, 5) is 41.0. The summed E-state index contributed by atoms with van der Waals surface area (Å²) in [6.07, 6.45) is 3.67. The molecule has 9 heteroatoms. The molecule has 1 heterocycles. The summed E-state index contributed by atoms with van der Waals surface area (Å²) in [6.45, 7) is 1.91. The van der Waals surface area contributed by atoms with E-state index in [4.69, 9.17) is 16.3 Å². The van der Waals surface area contributed by atoms with Gasteiger partial charge in [0.15, 0.2) is 6.29 Å². The van der Waals surface area contributed by atoms with E-state index in [9.17, 15) is 14.4 Å². The molecule has 4 rings (SSSR count). The second-order valence-electron chi connectivity index (χ2n) is 9.88. The van der Waals surface area contributed by atoms with Gasteiger partial charge in [-0.05, 0) is 18.2 Å². The molecule has 0 aromatic heterocycles. The Morgan fingerprint density at radius 1 is 1.07 bits per heavy atom. The van der Waals surface area contributed by atoms with Gasteiger partial charge in [0.05, 0.1) is 5.02 Å². The molecular formula is C31H35ClIN3O4. The summed E-state index contributed by atoms with van der Waals surface area (Å²) in [5, 5.41) is 6.13. The third kappa shape index (κ3) is 8.52. The zero-order valence-electron chi connectivity index (χ0n) is 22.8. The van der Waals surface area contributed by atoms with E-state index in [0.717, 1.165) is 42.6 Å². The number of benzene rings is 3. The number of halogens is 2.